The van der Waals surface area contributed by atoms with Gasteiger partial charge in [0.15, 0.2) is 0 Å². The molecule has 3 rings (SSSR count). The number of nitrogens with zero attached hydrogens (tertiary/aromatic N) is 4. The van der Waals surface area contributed by atoms with E-state index in [1.54, 1.807) is 6.20 Å². The fourth-order valence-electron chi connectivity index (χ4n) is 2.65. The Morgan fingerprint density at radius 3 is 2.81 bits per heavy atom. The second-order valence-electron chi connectivity index (χ2n) is 5.32. The van der Waals surface area contributed by atoms with E-state index in [1.807, 2.05) is 42.5 Å². The molecule has 1 saturated heterocycles. The van der Waals surface area contributed by atoms with E-state index < -0.39 is 0 Å². The Bertz CT molecular complexity index is 602. The van der Waals surface area contributed by atoms with Crippen LogP contribution in [0.3, 0.4) is 0 Å². The lowest BCUT2D eigenvalue weighted by Gasteiger charge is -2.32. The molecule has 0 atom stereocenters. The summed E-state index contributed by atoms with van der Waals surface area (Å²) < 4.78 is 2.12. The van der Waals surface area contributed by atoms with Gasteiger partial charge in [-0.05, 0) is 31.9 Å². The average molecular weight is 285 g/mol. The molecule has 6 nitrogen and oxygen atoms in total. The predicted octanol–water partition coefficient (Wildman–Crippen LogP) is 2.46. The first-order valence-corrected chi connectivity index (χ1v) is 7.19. The number of anilines is 1. The van der Waals surface area contributed by atoms with Gasteiger partial charge < -0.3 is 9.47 Å². The van der Waals surface area contributed by atoms with Gasteiger partial charge in [-0.3, -0.25) is 5.32 Å². The summed E-state index contributed by atoms with van der Waals surface area (Å²) >= 11 is 0. The maximum Gasteiger partial charge on any atom is 0.323 e. The zero-order valence-corrected chi connectivity index (χ0v) is 12.1. The van der Waals surface area contributed by atoms with Gasteiger partial charge in [0.25, 0.3) is 0 Å². The molecule has 1 aliphatic heterocycles. The summed E-state index contributed by atoms with van der Waals surface area (Å²) in [6.45, 7) is 3.41. The third-order valence-electron chi connectivity index (χ3n) is 3.82. The summed E-state index contributed by atoms with van der Waals surface area (Å²) in [5.41, 5.74) is 0.895. The van der Waals surface area contributed by atoms with E-state index in [-0.39, 0.29) is 6.03 Å². The van der Waals surface area contributed by atoms with E-state index in [0.29, 0.717) is 11.9 Å². The Kier molecular flexibility index (Phi) is 3.85. The molecular weight excluding hydrogens is 266 g/mol. The molecule has 21 heavy (non-hydrogen) atoms. The summed E-state index contributed by atoms with van der Waals surface area (Å²) in [7, 11) is 0. The van der Waals surface area contributed by atoms with E-state index in [1.165, 1.54) is 0 Å². The maximum atomic E-state index is 12.2. The van der Waals surface area contributed by atoms with E-state index in [2.05, 4.69) is 19.9 Å². The quantitative estimate of drug-likeness (QED) is 0.922. The van der Waals surface area contributed by atoms with Crippen molar-refractivity contribution < 1.29 is 4.79 Å². The first kappa shape index (κ1) is 13.6. The number of carbonyl (C=O) groups is 1. The van der Waals surface area contributed by atoms with Crippen molar-refractivity contribution in [2.24, 2.45) is 0 Å². The molecule has 1 fully saturated rings. The number of nitrogens with one attached hydrogen (secondary N) is 1. The first-order chi connectivity index (χ1) is 10.2. The van der Waals surface area contributed by atoms with Crippen LogP contribution in [0.2, 0.25) is 0 Å². The van der Waals surface area contributed by atoms with Gasteiger partial charge in [-0.2, -0.15) is 0 Å². The van der Waals surface area contributed by atoms with Crippen molar-refractivity contribution in [1.29, 1.82) is 0 Å². The summed E-state index contributed by atoms with van der Waals surface area (Å²) in [5.74, 6) is 0.608. The SMILES string of the molecule is Cc1cccc(NC(=O)N2CCC(n3ccnc3)CC2)n1. The van der Waals surface area contributed by atoms with Gasteiger partial charge in [-0.25, -0.2) is 14.8 Å². The van der Waals surface area contributed by atoms with Crippen molar-refractivity contribution in [3.05, 3.63) is 42.6 Å². The topological polar surface area (TPSA) is 63.1 Å². The minimum atomic E-state index is -0.0721. The number of aromatic nitrogens is 3. The van der Waals surface area contributed by atoms with Crippen LogP contribution in [-0.2, 0) is 0 Å². The number of pyridine rings is 1. The molecule has 0 aromatic carbocycles. The molecule has 0 aliphatic carbocycles. The number of imidazole rings is 1. The Labute approximate surface area is 123 Å². The van der Waals surface area contributed by atoms with Gasteiger partial charge in [-0.15, -0.1) is 0 Å². The van der Waals surface area contributed by atoms with Gasteiger partial charge in [0.1, 0.15) is 5.82 Å². The highest BCUT2D eigenvalue weighted by Gasteiger charge is 2.23. The minimum Gasteiger partial charge on any atom is -0.334 e. The summed E-state index contributed by atoms with van der Waals surface area (Å²) in [6, 6.07) is 5.98. The van der Waals surface area contributed by atoms with Gasteiger partial charge in [0, 0.05) is 37.2 Å². The third-order valence-corrected chi connectivity index (χ3v) is 3.82. The summed E-state index contributed by atoms with van der Waals surface area (Å²) in [4.78, 5) is 22.4. The largest absolute Gasteiger partial charge is 0.334 e. The van der Waals surface area contributed by atoms with Crippen molar-refractivity contribution in [3.63, 3.8) is 0 Å². The van der Waals surface area contributed by atoms with E-state index >= 15 is 0 Å². The van der Waals surface area contributed by atoms with E-state index in [0.717, 1.165) is 31.6 Å². The Hall–Kier alpha value is -2.37. The lowest BCUT2D eigenvalue weighted by molar-refractivity contribution is 0.183. The monoisotopic (exact) mass is 285 g/mol. The molecule has 2 aromatic heterocycles. The molecule has 1 N–H and O–H groups in total. The minimum absolute atomic E-state index is 0.0721. The van der Waals surface area contributed by atoms with Crippen LogP contribution in [0, 0.1) is 6.92 Å². The van der Waals surface area contributed by atoms with Crippen LogP contribution in [0.4, 0.5) is 10.6 Å². The lowest BCUT2D eigenvalue weighted by Crippen LogP contribution is -2.41. The Morgan fingerprint density at radius 1 is 1.33 bits per heavy atom. The molecule has 0 saturated carbocycles. The predicted molar refractivity (Wildman–Crippen MR) is 80.1 cm³/mol. The molecule has 3 heterocycles. The second kappa shape index (κ2) is 5.95. The normalized spacial score (nSPS) is 16.0. The number of hydrogen-bond donors (Lipinski definition) is 1. The van der Waals surface area contributed by atoms with E-state index in [4.69, 9.17) is 0 Å². The lowest BCUT2D eigenvalue weighted by atomic mass is 10.1. The number of amides is 2. The van der Waals surface area contributed by atoms with Crippen LogP contribution < -0.4 is 5.32 Å². The zero-order valence-electron chi connectivity index (χ0n) is 12.1. The molecule has 0 radical (unpaired) electrons. The molecule has 2 aromatic rings. The van der Waals surface area contributed by atoms with Crippen molar-refractivity contribution in [3.8, 4) is 0 Å². The fraction of sp³-hybridized carbons (Fsp3) is 0.400. The van der Waals surface area contributed by atoms with Crippen LogP contribution in [0.25, 0.3) is 0 Å². The summed E-state index contributed by atoms with van der Waals surface area (Å²) in [6.07, 6.45) is 7.52. The molecule has 110 valence electrons. The maximum absolute atomic E-state index is 12.2. The van der Waals surface area contributed by atoms with Crippen LogP contribution in [0.15, 0.2) is 36.9 Å². The van der Waals surface area contributed by atoms with Crippen LogP contribution >= 0.6 is 0 Å². The van der Waals surface area contributed by atoms with Crippen molar-refractivity contribution in [2.75, 3.05) is 18.4 Å². The number of carbonyl (C=O) groups excluding carboxylic acids is 1. The highest BCUT2D eigenvalue weighted by Crippen LogP contribution is 2.22. The van der Waals surface area contributed by atoms with Gasteiger partial charge in [-0.1, -0.05) is 6.07 Å². The Balaban J connectivity index is 1.55. The van der Waals surface area contributed by atoms with Crippen LogP contribution in [0.1, 0.15) is 24.6 Å². The highest BCUT2D eigenvalue weighted by molar-refractivity contribution is 5.88. The van der Waals surface area contributed by atoms with Gasteiger partial charge >= 0.3 is 6.03 Å². The number of aryl methyl sites for hydroxylation is 1. The molecule has 0 spiro atoms. The highest BCUT2D eigenvalue weighted by atomic mass is 16.2. The van der Waals surface area contributed by atoms with Crippen LogP contribution in [0.5, 0.6) is 0 Å². The van der Waals surface area contributed by atoms with Crippen molar-refractivity contribution in [2.45, 2.75) is 25.8 Å². The molecule has 0 bridgehead atoms. The Morgan fingerprint density at radius 2 is 2.14 bits per heavy atom. The molecule has 0 unspecified atom stereocenters. The van der Waals surface area contributed by atoms with E-state index in [9.17, 15) is 4.79 Å². The van der Waals surface area contributed by atoms with Gasteiger partial charge in [0.05, 0.1) is 6.33 Å². The smallest absolute Gasteiger partial charge is 0.323 e. The standard InChI is InChI=1S/C15H19N5O/c1-12-3-2-4-14(17-12)18-15(21)19-8-5-13(6-9-19)20-10-7-16-11-20/h2-4,7,10-11,13H,5-6,8-9H2,1H3,(H,17,18,21). The fourth-order valence-corrected chi connectivity index (χ4v) is 2.65. The molecule has 2 amide bonds. The molecular formula is C15H19N5O. The van der Waals surface area contributed by atoms with Crippen LogP contribution in [-0.4, -0.2) is 38.6 Å². The third kappa shape index (κ3) is 3.21. The first-order valence-electron chi connectivity index (χ1n) is 7.19. The number of hydrogen-bond acceptors (Lipinski definition) is 3. The van der Waals surface area contributed by atoms with Crippen molar-refractivity contribution >= 4 is 11.8 Å². The molecule has 1 aliphatic rings. The number of piperidine rings is 1. The summed E-state index contributed by atoms with van der Waals surface area (Å²) in [5, 5.41) is 2.86. The number of likely N-dealkylation sites (tertiary alicyclic amines) is 1. The average Bonchev–Trinajstić information content (AvgIpc) is 3.01. The number of rotatable bonds is 2. The molecule has 6 heteroatoms. The number of urea groups is 1. The van der Waals surface area contributed by atoms with Crippen molar-refractivity contribution in [1.82, 2.24) is 19.4 Å². The van der Waals surface area contributed by atoms with Gasteiger partial charge in [0.2, 0.25) is 0 Å². The zero-order chi connectivity index (χ0) is 14.7. The second-order valence-corrected chi connectivity index (χ2v) is 5.32.